The summed E-state index contributed by atoms with van der Waals surface area (Å²) in [7, 11) is 0. The summed E-state index contributed by atoms with van der Waals surface area (Å²) in [6, 6.07) is 14.7. The third-order valence-electron chi connectivity index (χ3n) is 8.11. The molecule has 2 aliphatic rings. The molecule has 0 spiro atoms. The van der Waals surface area contributed by atoms with Crippen LogP contribution in [-0.4, -0.2) is 95.5 Å². The maximum atomic E-state index is 9.89. The number of β-amino-alcohol motifs (C(OH)–C–C–N with tert-alkyl or cyclic N) is 1. The monoisotopic (exact) mass is 645 g/mol. The van der Waals surface area contributed by atoms with E-state index in [1.165, 1.54) is 0 Å². The lowest BCUT2D eigenvalue weighted by Gasteiger charge is -2.45. The van der Waals surface area contributed by atoms with Gasteiger partial charge >= 0.3 is 0 Å². The molecule has 44 heavy (non-hydrogen) atoms. The van der Waals surface area contributed by atoms with E-state index in [2.05, 4.69) is 10.2 Å². The minimum absolute atomic E-state index is 0.0300. The summed E-state index contributed by atoms with van der Waals surface area (Å²) in [6.45, 7) is 4.26. The van der Waals surface area contributed by atoms with E-state index >= 15 is 0 Å². The third kappa shape index (κ3) is 8.33. The van der Waals surface area contributed by atoms with Crippen LogP contribution in [-0.2, 0) is 11.3 Å². The Morgan fingerprint density at radius 2 is 1.93 bits per heavy atom. The standard InChI is InChI=1S/C33H41Cl2N3O6/c1-32(35)28(24-7-3-2-4-8-24)9-5-11-33(32,44-15-6-13-38-14-10-27(41)20-38)23-43-31-18-30(42-16-12-36)25(17-29(31)34)19-37-26(21-39)22-40/h2-5,7-9,11,17-18,26-27,37,39-41H,6,10,13-16,19-23H2,1H3/t27?,32-,33?/m1/s1. The molecule has 0 bridgehead atoms. The highest BCUT2D eigenvalue weighted by atomic mass is 35.5. The predicted molar refractivity (Wildman–Crippen MR) is 171 cm³/mol. The molecule has 0 radical (unpaired) electrons. The van der Waals surface area contributed by atoms with Crippen molar-refractivity contribution in [3.63, 3.8) is 0 Å². The lowest BCUT2D eigenvalue weighted by Crippen LogP contribution is -2.55. The van der Waals surface area contributed by atoms with Crippen LogP contribution in [0.3, 0.4) is 0 Å². The number of likely N-dealkylation sites (tertiary alicyclic amines) is 1. The first-order valence-corrected chi connectivity index (χ1v) is 15.6. The fourth-order valence-corrected chi connectivity index (χ4v) is 6.07. The van der Waals surface area contributed by atoms with Gasteiger partial charge in [0.1, 0.15) is 34.7 Å². The summed E-state index contributed by atoms with van der Waals surface area (Å²) in [5.41, 5.74) is 1.42. The lowest BCUT2D eigenvalue weighted by atomic mass is 9.76. The average molecular weight is 647 g/mol. The number of benzene rings is 2. The average Bonchev–Trinajstić information content (AvgIpc) is 3.44. The van der Waals surface area contributed by atoms with Crippen LogP contribution in [0.15, 0.2) is 60.7 Å². The molecule has 1 fully saturated rings. The van der Waals surface area contributed by atoms with Crippen molar-refractivity contribution in [3.8, 4) is 17.6 Å². The van der Waals surface area contributed by atoms with Gasteiger partial charge in [-0.15, -0.1) is 11.6 Å². The molecule has 2 aromatic rings. The number of allylic oxidation sites excluding steroid dienone is 2. The van der Waals surface area contributed by atoms with E-state index in [-0.39, 0.29) is 39.1 Å². The van der Waals surface area contributed by atoms with Crippen LogP contribution in [0.25, 0.3) is 5.57 Å². The Hall–Kier alpha value is -2.65. The van der Waals surface area contributed by atoms with Crippen molar-refractivity contribution in [1.29, 1.82) is 5.26 Å². The van der Waals surface area contributed by atoms with Gasteiger partial charge in [-0.2, -0.15) is 5.26 Å². The van der Waals surface area contributed by atoms with Crippen molar-refractivity contribution >= 4 is 28.8 Å². The van der Waals surface area contributed by atoms with Gasteiger partial charge in [0.25, 0.3) is 0 Å². The Morgan fingerprint density at radius 1 is 1.16 bits per heavy atom. The second-order valence-corrected chi connectivity index (χ2v) is 12.4. The van der Waals surface area contributed by atoms with Gasteiger partial charge < -0.3 is 39.7 Å². The minimum Gasteiger partial charge on any atom is -0.488 e. The molecule has 0 amide bonds. The Balaban J connectivity index is 1.57. The second-order valence-electron chi connectivity index (χ2n) is 11.2. The van der Waals surface area contributed by atoms with Crippen LogP contribution in [0.1, 0.15) is 30.9 Å². The van der Waals surface area contributed by atoms with E-state index < -0.39 is 16.5 Å². The van der Waals surface area contributed by atoms with Crippen molar-refractivity contribution < 1.29 is 29.5 Å². The number of halogens is 2. The predicted octanol–water partition coefficient (Wildman–Crippen LogP) is 3.93. The molecule has 3 atom stereocenters. The fourth-order valence-electron chi connectivity index (χ4n) is 5.49. The van der Waals surface area contributed by atoms with Gasteiger partial charge in [0, 0.05) is 44.4 Å². The summed E-state index contributed by atoms with van der Waals surface area (Å²) in [6.07, 6.45) is 7.10. The van der Waals surface area contributed by atoms with Crippen LogP contribution >= 0.6 is 23.2 Å². The Bertz CT molecular complexity index is 1330. The number of hydrogen-bond acceptors (Lipinski definition) is 9. The molecule has 2 unspecified atom stereocenters. The molecule has 0 saturated carbocycles. The van der Waals surface area contributed by atoms with Crippen LogP contribution in [0.2, 0.25) is 5.02 Å². The number of nitrogens with zero attached hydrogens (tertiary/aromatic N) is 2. The SMILES string of the molecule is C[C@@]1(Cl)C(c2ccccc2)=CC=CC1(COc1cc(OCC#N)c(CNC(CO)CO)cc1Cl)OCCCN1CCC(O)C1. The number of alkyl halides is 1. The Kier molecular flexibility index (Phi) is 12.5. The normalized spacial score (nSPS) is 23.5. The quantitative estimate of drug-likeness (QED) is 0.159. The molecule has 1 heterocycles. The number of hydrogen-bond donors (Lipinski definition) is 4. The molecule has 4 N–H and O–H groups in total. The number of rotatable bonds is 16. The van der Waals surface area contributed by atoms with E-state index in [9.17, 15) is 15.3 Å². The summed E-state index contributed by atoms with van der Waals surface area (Å²) < 4.78 is 18.7. The maximum Gasteiger partial charge on any atom is 0.174 e. The van der Waals surface area contributed by atoms with Crippen LogP contribution in [0.5, 0.6) is 11.5 Å². The first kappa shape index (κ1) is 34.2. The number of nitriles is 1. The van der Waals surface area contributed by atoms with E-state index in [1.807, 2.05) is 61.6 Å². The van der Waals surface area contributed by atoms with Gasteiger partial charge in [0.15, 0.2) is 6.61 Å². The Morgan fingerprint density at radius 3 is 2.61 bits per heavy atom. The Labute approximate surface area is 269 Å². The van der Waals surface area contributed by atoms with E-state index in [0.29, 0.717) is 35.2 Å². The fraction of sp³-hybridized carbons (Fsp3) is 0.485. The zero-order valence-electron chi connectivity index (χ0n) is 24.9. The molecule has 11 heteroatoms. The van der Waals surface area contributed by atoms with E-state index in [4.69, 9.17) is 42.7 Å². The molecule has 0 aromatic heterocycles. The van der Waals surface area contributed by atoms with Crippen molar-refractivity contribution in [3.05, 3.63) is 76.8 Å². The van der Waals surface area contributed by atoms with Crippen molar-refractivity contribution in [2.75, 3.05) is 52.7 Å². The number of aliphatic hydroxyl groups is 3. The zero-order chi connectivity index (χ0) is 31.6. The van der Waals surface area contributed by atoms with Gasteiger partial charge in [-0.25, -0.2) is 0 Å². The van der Waals surface area contributed by atoms with Gasteiger partial charge in [-0.05, 0) is 43.0 Å². The molecule has 2 aromatic carbocycles. The smallest absolute Gasteiger partial charge is 0.174 e. The van der Waals surface area contributed by atoms with Gasteiger partial charge in [-0.3, -0.25) is 0 Å². The van der Waals surface area contributed by atoms with Crippen LogP contribution < -0.4 is 14.8 Å². The zero-order valence-corrected chi connectivity index (χ0v) is 26.4. The summed E-state index contributed by atoms with van der Waals surface area (Å²) in [5.74, 6) is 0.712. The third-order valence-corrected chi connectivity index (χ3v) is 8.93. The molecule has 1 saturated heterocycles. The summed E-state index contributed by atoms with van der Waals surface area (Å²) >= 11 is 14.1. The molecule has 4 rings (SSSR count). The molecule has 9 nitrogen and oxygen atoms in total. The number of aliphatic hydroxyl groups excluding tert-OH is 3. The highest BCUT2D eigenvalue weighted by Crippen LogP contribution is 2.47. The van der Waals surface area contributed by atoms with Crippen molar-refractivity contribution in [2.45, 2.75) is 48.9 Å². The first-order valence-electron chi connectivity index (χ1n) is 14.8. The van der Waals surface area contributed by atoms with Gasteiger partial charge in [0.2, 0.25) is 0 Å². The lowest BCUT2D eigenvalue weighted by molar-refractivity contribution is -0.0540. The van der Waals surface area contributed by atoms with E-state index in [0.717, 1.165) is 37.1 Å². The highest BCUT2D eigenvalue weighted by molar-refractivity contribution is 6.32. The largest absolute Gasteiger partial charge is 0.488 e. The maximum absolute atomic E-state index is 9.89. The first-order chi connectivity index (χ1) is 21.2. The molecular weight excluding hydrogens is 605 g/mol. The van der Waals surface area contributed by atoms with Crippen molar-refractivity contribution in [2.24, 2.45) is 0 Å². The topological polar surface area (TPSA) is 127 Å². The number of nitrogens with one attached hydrogen (secondary N) is 1. The molecular formula is C33H41Cl2N3O6. The van der Waals surface area contributed by atoms with Crippen LogP contribution in [0.4, 0.5) is 0 Å². The van der Waals surface area contributed by atoms with Gasteiger partial charge in [-0.1, -0.05) is 54.1 Å². The van der Waals surface area contributed by atoms with E-state index in [1.54, 1.807) is 12.1 Å². The second kappa shape index (κ2) is 16.1. The summed E-state index contributed by atoms with van der Waals surface area (Å²) in [4.78, 5) is 1.21. The van der Waals surface area contributed by atoms with Crippen LogP contribution in [0, 0.1) is 11.3 Å². The molecule has 1 aliphatic carbocycles. The summed E-state index contributed by atoms with van der Waals surface area (Å²) in [5, 5.41) is 41.2. The molecule has 1 aliphatic heterocycles. The minimum atomic E-state index is -1.08. The number of ether oxygens (including phenoxy) is 3. The van der Waals surface area contributed by atoms with Gasteiger partial charge in [0.05, 0.1) is 30.4 Å². The highest BCUT2D eigenvalue weighted by Gasteiger charge is 2.51. The molecule has 238 valence electrons. The van der Waals surface area contributed by atoms with Crippen molar-refractivity contribution in [1.82, 2.24) is 10.2 Å².